The molecule has 0 bridgehead atoms. The molecule has 4 rings (SSSR count). The Morgan fingerprint density at radius 2 is 2.30 bits per heavy atom. The maximum atomic E-state index is 12.1. The molecule has 0 amide bonds. The Hall–Kier alpha value is -1.76. The first-order chi connectivity index (χ1) is 16.0. The predicted octanol–water partition coefficient (Wildman–Crippen LogP) is 4.71. The smallest absolute Gasteiger partial charge is 0.304 e. The van der Waals surface area contributed by atoms with E-state index in [4.69, 9.17) is 20.8 Å². The average Bonchev–Trinajstić information content (AvgIpc) is 2.90. The van der Waals surface area contributed by atoms with Gasteiger partial charge in [-0.15, -0.1) is 6.42 Å². The Morgan fingerprint density at radius 3 is 2.96 bits per heavy atom. The van der Waals surface area contributed by atoms with E-state index in [1.54, 1.807) is 0 Å². The van der Waals surface area contributed by atoms with Gasteiger partial charge in [0.05, 0.1) is 7.08 Å². The number of oxime groups is 1. The Morgan fingerprint density at radius 1 is 1.48 bits per heavy atom. The fourth-order valence-corrected chi connectivity index (χ4v) is 5.96. The molecule has 0 spiro atoms. The van der Waals surface area contributed by atoms with Crippen LogP contribution in [0.2, 0.25) is 0 Å². The Kier molecular flexibility index (Phi) is 2.80. The molecule has 6 atom stereocenters. The van der Waals surface area contributed by atoms with Gasteiger partial charge in [-0.1, -0.05) is 23.6 Å². The van der Waals surface area contributed by atoms with Crippen molar-refractivity contribution in [3.63, 3.8) is 0 Å². The number of ether oxygens (including phenoxy) is 1. The summed E-state index contributed by atoms with van der Waals surface area (Å²) in [5.74, 6) is -1.59. The molecule has 4 nitrogen and oxygen atoms in total. The van der Waals surface area contributed by atoms with Crippen molar-refractivity contribution in [2.24, 2.45) is 34.2 Å². The number of terminal acetylenes is 1. The third-order valence-electron chi connectivity index (χ3n) is 7.12. The highest BCUT2D eigenvalue weighted by Gasteiger charge is 2.65. The summed E-state index contributed by atoms with van der Waals surface area (Å²) in [6, 6.07) is -0.575. The van der Waals surface area contributed by atoms with Crippen LogP contribution in [0.5, 0.6) is 0 Å². The first kappa shape index (κ1) is 11.3. The van der Waals surface area contributed by atoms with Gasteiger partial charge in [0.25, 0.3) is 0 Å². The fraction of sp³-hybridized carbons (Fsp3) is 0.739. The van der Waals surface area contributed by atoms with Crippen LogP contribution in [-0.4, -0.2) is 22.5 Å². The predicted molar refractivity (Wildman–Crippen MR) is 104 cm³/mol. The maximum absolute atomic E-state index is 12.1. The molecular formula is C23H31NO3. The van der Waals surface area contributed by atoms with Crippen LogP contribution in [-0.2, 0) is 9.53 Å². The van der Waals surface area contributed by atoms with Crippen LogP contribution >= 0.6 is 0 Å². The van der Waals surface area contributed by atoms with Gasteiger partial charge in [0.2, 0.25) is 0 Å². The molecule has 0 aromatic carbocycles. The zero-order valence-electron chi connectivity index (χ0n) is 23.8. The van der Waals surface area contributed by atoms with Crippen molar-refractivity contribution in [1.29, 1.82) is 0 Å². The van der Waals surface area contributed by atoms with E-state index in [1.807, 2.05) is 6.92 Å². The number of fused-ring (bicyclic) bond motifs is 5. The third-order valence-corrected chi connectivity index (χ3v) is 7.12. The molecule has 0 unspecified atom stereocenters. The van der Waals surface area contributed by atoms with E-state index in [0.717, 1.165) is 0 Å². The summed E-state index contributed by atoms with van der Waals surface area (Å²) in [6.07, 6.45) is -0.305. The maximum Gasteiger partial charge on any atom is 0.304 e. The SMILES string of the molecule is [2H]C1=C2C([2H])([2H])C[C@H]3[C@@H]4CC([2H])([2H])[C@](C#C)(OC(C)=O)[C@@]4(CC)CC[C@@H]3[C@@]2([2H])CC([2H])([2H])C1=NO. The second-order valence-electron chi connectivity index (χ2n) is 7.93. The van der Waals surface area contributed by atoms with Crippen molar-refractivity contribution in [3.05, 3.63) is 11.6 Å². The molecule has 0 radical (unpaired) electrons. The van der Waals surface area contributed by atoms with Crippen LogP contribution in [0, 0.1) is 41.4 Å². The summed E-state index contributed by atoms with van der Waals surface area (Å²) in [4.78, 5) is 12.1. The highest BCUT2D eigenvalue weighted by molar-refractivity contribution is 5.96. The lowest BCUT2D eigenvalue weighted by molar-refractivity contribution is -0.170. The van der Waals surface area contributed by atoms with E-state index >= 15 is 0 Å². The highest BCUT2D eigenvalue weighted by atomic mass is 16.6. The van der Waals surface area contributed by atoms with Crippen molar-refractivity contribution in [2.45, 2.75) is 77.1 Å². The van der Waals surface area contributed by atoms with Crippen molar-refractivity contribution < 1.29 is 25.7 Å². The number of hydrogen-bond acceptors (Lipinski definition) is 4. The second kappa shape index (κ2) is 6.69. The fourth-order valence-electron chi connectivity index (χ4n) is 5.96. The van der Waals surface area contributed by atoms with Crippen molar-refractivity contribution in [3.8, 4) is 12.3 Å². The summed E-state index contributed by atoms with van der Waals surface area (Å²) >= 11 is 0. The average molecular weight is 378 g/mol. The number of carbonyl (C=O) groups excluding carboxylic acids is 1. The molecule has 0 heterocycles. The summed E-state index contributed by atoms with van der Waals surface area (Å²) in [6.45, 7) is 3.04. The molecule has 27 heavy (non-hydrogen) atoms. The second-order valence-corrected chi connectivity index (χ2v) is 7.93. The van der Waals surface area contributed by atoms with Crippen LogP contribution in [0.3, 0.4) is 0 Å². The van der Waals surface area contributed by atoms with Gasteiger partial charge in [-0.3, -0.25) is 4.79 Å². The number of carbonyl (C=O) groups is 1. The molecule has 4 heteroatoms. The molecule has 1 N–H and O–H groups in total. The van der Waals surface area contributed by atoms with Gasteiger partial charge in [-0.05, 0) is 87.3 Å². The standard InChI is InChI=1S/C23H31NO3/c1-4-22-12-10-19-18-9-7-17(24-26)14-16(18)6-8-20(19)21(22)11-13-23(22,5-2)27-15(3)25/h2,14,18-21,26H,4,6-13H2,1,3H3/t18-,19+,20+,21-,22-,23-/m0/s1/i6D2,7D2,13D2,14D,18D. The molecular weight excluding hydrogens is 338 g/mol. The van der Waals surface area contributed by atoms with E-state index < -0.39 is 77.9 Å². The van der Waals surface area contributed by atoms with Gasteiger partial charge in [0, 0.05) is 21.9 Å². The molecule has 0 saturated heterocycles. The van der Waals surface area contributed by atoms with Crippen LogP contribution in [0.1, 0.15) is 82.5 Å². The normalized spacial score (nSPS) is 57.5. The van der Waals surface area contributed by atoms with Gasteiger partial charge in [-0.25, -0.2) is 0 Å². The van der Waals surface area contributed by atoms with E-state index in [-0.39, 0.29) is 18.4 Å². The Bertz CT molecular complexity index is 1070. The van der Waals surface area contributed by atoms with Gasteiger partial charge >= 0.3 is 5.97 Å². The molecule has 3 fully saturated rings. The zero-order valence-corrected chi connectivity index (χ0v) is 15.8. The summed E-state index contributed by atoms with van der Waals surface area (Å²) in [5, 5.41) is 12.3. The summed E-state index contributed by atoms with van der Waals surface area (Å²) in [5.41, 5.74) is -3.56. The highest BCUT2D eigenvalue weighted by Crippen LogP contribution is 2.67. The molecule has 4 aliphatic rings. The first-order valence-corrected chi connectivity index (χ1v) is 9.62. The summed E-state index contributed by atoms with van der Waals surface area (Å²) < 4.78 is 75.7. The quantitative estimate of drug-likeness (QED) is 0.328. The van der Waals surface area contributed by atoms with Crippen LogP contribution in [0.25, 0.3) is 0 Å². The molecule has 146 valence electrons. The Balaban J connectivity index is 1.91. The van der Waals surface area contributed by atoms with Gasteiger partial charge in [0.15, 0.2) is 5.60 Å². The van der Waals surface area contributed by atoms with Gasteiger partial charge < -0.3 is 9.94 Å². The molecule has 3 saturated carbocycles. The number of nitrogens with zero attached hydrogens (tertiary/aromatic N) is 1. The van der Waals surface area contributed by atoms with Crippen molar-refractivity contribution >= 4 is 11.7 Å². The van der Waals surface area contributed by atoms with E-state index in [0.29, 0.717) is 19.3 Å². The molecule has 0 aromatic rings. The first-order valence-electron chi connectivity index (χ1n) is 13.6. The largest absolute Gasteiger partial charge is 0.445 e. The number of rotatable bonds is 2. The minimum Gasteiger partial charge on any atom is -0.445 e. The van der Waals surface area contributed by atoms with Crippen molar-refractivity contribution in [2.75, 3.05) is 0 Å². The molecule has 0 aromatic heterocycles. The van der Waals surface area contributed by atoms with Crippen LogP contribution in [0.15, 0.2) is 16.8 Å². The van der Waals surface area contributed by atoms with Crippen LogP contribution < -0.4 is 0 Å². The van der Waals surface area contributed by atoms with Gasteiger partial charge in [-0.2, -0.15) is 0 Å². The monoisotopic (exact) mass is 377 g/mol. The lowest BCUT2D eigenvalue weighted by Crippen LogP contribution is -2.55. The number of allylic oxidation sites excluding steroid dienone is 2. The number of esters is 1. The van der Waals surface area contributed by atoms with E-state index in [2.05, 4.69) is 11.1 Å². The molecule has 0 aliphatic heterocycles. The number of hydrogen-bond donors (Lipinski definition) is 1. The Labute approximate surface area is 173 Å². The lowest BCUT2D eigenvalue weighted by atomic mass is 9.49. The molecule has 4 aliphatic carbocycles. The van der Waals surface area contributed by atoms with Crippen molar-refractivity contribution in [1.82, 2.24) is 0 Å². The minimum atomic E-state index is -2.31. The third kappa shape index (κ3) is 2.57. The van der Waals surface area contributed by atoms with Crippen LogP contribution in [0.4, 0.5) is 0 Å². The topological polar surface area (TPSA) is 58.9 Å². The van der Waals surface area contributed by atoms with E-state index in [9.17, 15) is 11.4 Å². The van der Waals surface area contributed by atoms with Gasteiger partial charge in [0.1, 0.15) is 0 Å². The van der Waals surface area contributed by atoms with E-state index in [1.165, 1.54) is 6.92 Å². The minimum absolute atomic E-state index is 0.0747. The lowest BCUT2D eigenvalue weighted by Gasteiger charge is -2.56. The summed E-state index contributed by atoms with van der Waals surface area (Å²) in [7, 11) is 0. The zero-order chi connectivity index (χ0) is 26.4.